The highest BCUT2D eigenvalue weighted by molar-refractivity contribution is 6.04. The monoisotopic (exact) mass is 300 g/mol. The maximum absolute atomic E-state index is 12.5. The number of carbonyl (C=O) groups excluding carboxylic acids is 1. The Morgan fingerprint density at radius 3 is 2.82 bits per heavy atom. The van der Waals surface area contributed by atoms with Crippen molar-refractivity contribution in [3.05, 3.63) is 30.0 Å². The van der Waals surface area contributed by atoms with Crippen molar-refractivity contribution in [2.24, 2.45) is 5.92 Å². The summed E-state index contributed by atoms with van der Waals surface area (Å²) < 4.78 is 1.93. The average Bonchev–Trinajstić information content (AvgIpc) is 2.93. The summed E-state index contributed by atoms with van der Waals surface area (Å²) in [5.41, 5.74) is 1.56. The number of fused-ring (bicyclic) bond motifs is 1. The molecule has 3 rings (SSSR count). The summed E-state index contributed by atoms with van der Waals surface area (Å²) in [6.45, 7) is 6.99. The molecule has 0 atom stereocenters. The third-order valence-electron chi connectivity index (χ3n) is 4.33. The number of nitrogens with zero attached hydrogens (tertiary/aromatic N) is 2. The van der Waals surface area contributed by atoms with Gasteiger partial charge in [0.1, 0.15) is 0 Å². The van der Waals surface area contributed by atoms with Crippen LogP contribution in [0.5, 0.6) is 0 Å². The van der Waals surface area contributed by atoms with E-state index in [0.717, 1.165) is 43.4 Å². The van der Waals surface area contributed by atoms with E-state index in [9.17, 15) is 4.79 Å². The molecule has 1 aromatic heterocycles. The van der Waals surface area contributed by atoms with Gasteiger partial charge < -0.3 is 10.6 Å². The van der Waals surface area contributed by atoms with Gasteiger partial charge in [-0.3, -0.25) is 9.48 Å². The Morgan fingerprint density at radius 2 is 2.09 bits per heavy atom. The fraction of sp³-hybridized carbons (Fsp3) is 0.529. The number of piperidine rings is 1. The van der Waals surface area contributed by atoms with E-state index in [4.69, 9.17) is 0 Å². The minimum Gasteiger partial charge on any atom is -0.350 e. The number of para-hydroxylation sites is 1. The molecule has 118 valence electrons. The van der Waals surface area contributed by atoms with E-state index in [1.165, 1.54) is 0 Å². The lowest BCUT2D eigenvalue weighted by Gasteiger charge is -2.22. The zero-order chi connectivity index (χ0) is 15.5. The van der Waals surface area contributed by atoms with Crippen molar-refractivity contribution >= 4 is 16.8 Å². The molecule has 0 radical (unpaired) electrons. The summed E-state index contributed by atoms with van der Waals surface area (Å²) in [5, 5.41) is 11.9. The summed E-state index contributed by atoms with van der Waals surface area (Å²) in [5.74, 6) is 0.512. The van der Waals surface area contributed by atoms with E-state index in [0.29, 0.717) is 11.6 Å². The molecule has 0 saturated carbocycles. The SMILES string of the molecule is CC(C)n1nc(C(=O)NCC2CCNCC2)c2ccccc21. The van der Waals surface area contributed by atoms with Crippen LogP contribution in [0.1, 0.15) is 43.2 Å². The van der Waals surface area contributed by atoms with Crippen molar-refractivity contribution in [1.29, 1.82) is 0 Å². The van der Waals surface area contributed by atoms with E-state index in [2.05, 4.69) is 29.6 Å². The fourth-order valence-corrected chi connectivity index (χ4v) is 3.06. The summed E-state index contributed by atoms with van der Waals surface area (Å²) in [6.07, 6.45) is 2.25. The molecule has 2 heterocycles. The van der Waals surface area contributed by atoms with Gasteiger partial charge >= 0.3 is 0 Å². The third-order valence-corrected chi connectivity index (χ3v) is 4.33. The first-order chi connectivity index (χ1) is 10.7. The maximum atomic E-state index is 12.5. The average molecular weight is 300 g/mol. The normalized spacial score (nSPS) is 16.3. The third kappa shape index (κ3) is 2.99. The smallest absolute Gasteiger partial charge is 0.272 e. The van der Waals surface area contributed by atoms with Gasteiger partial charge in [0.25, 0.3) is 5.91 Å². The number of nitrogens with one attached hydrogen (secondary N) is 2. The number of hydrogen-bond donors (Lipinski definition) is 2. The van der Waals surface area contributed by atoms with E-state index in [1.54, 1.807) is 0 Å². The van der Waals surface area contributed by atoms with Crippen molar-refractivity contribution in [1.82, 2.24) is 20.4 Å². The molecule has 5 heteroatoms. The molecule has 22 heavy (non-hydrogen) atoms. The van der Waals surface area contributed by atoms with Crippen LogP contribution >= 0.6 is 0 Å². The van der Waals surface area contributed by atoms with Gasteiger partial charge in [0, 0.05) is 18.0 Å². The molecule has 1 aromatic carbocycles. The molecule has 5 nitrogen and oxygen atoms in total. The van der Waals surface area contributed by atoms with Crippen LogP contribution in [-0.4, -0.2) is 35.3 Å². The van der Waals surface area contributed by atoms with Crippen molar-refractivity contribution in [3.8, 4) is 0 Å². The van der Waals surface area contributed by atoms with E-state index >= 15 is 0 Å². The lowest BCUT2D eigenvalue weighted by atomic mass is 9.98. The number of carbonyl (C=O) groups is 1. The molecule has 1 fully saturated rings. The number of amides is 1. The first-order valence-corrected chi connectivity index (χ1v) is 8.13. The molecule has 1 amide bonds. The Bertz CT molecular complexity index is 656. The molecule has 0 bridgehead atoms. The van der Waals surface area contributed by atoms with E-state index < -0.39 is 0 Å². The van der Waals surface area contributed by atoms with Crippen LogP contribution in [0, 0.1) is 5.92 Å². The maximum Gasteiger partial charge on any atom is 0.272 e. The lowest BCUT2D eigenvalue weighted by Crippen LogP contribution is -2.36. The summed E-state index contributed by atoms with van der Waals surface area (Å²) >= 11 is 0. The van der Waals surface area contributed by atoms with E-state index in [-0.39, 0.29) is 11.9 Å². The van der Waals surface area contributed by atoms with Gasteiger partial charge in [0.2, 0.25) is 0 Å². The number of benzene rings is 1. The molecule has 1 aliphatic rings. The minimum atomic E-state index is -0.0610. The Hall–Kier alpha value is -1.88. The number of rotatable bonds is 4. The van der Waals surface area contributed by atoms with Crippen LogP contribution in [0.2, 0.25) is 0 Å². The number of aromatic nitrogens is 2. The Balaban J connectivity index is 1.78. The predicted octanol–water partition coefficient (Wildman–Crippen LogP) is 2.35. The van der Waals surface area contributed by atoms with E-state index in [1.807, 2.05) is 28.9 Å². The zero-order valence-electron chi connectivity index (χ0n) is 13.3. The Kier molecular flexibility index (Phi) is 4.43. The van der Waals surface area contributed by atoms with Crippen LogP contribution in [-0.2, 0) is 0 Å². The number of hydrogen-bond acceptors (Lipinski definition) is 3. The standard InChI is InChI=1S/C17H24N4O/c1-12(2)21-15-6-4-3-5-14(15)16(20-21)17(22)19-11-13-7-9-18-10-8-13/h3-6,12-13,18H,7-11H2,1-2H3,(H,19,22). The highest BCUT2D eigenvalue weighted by atomic mass is 16.1. The molecule has 0 aliphatic carbocycles. The van der Waals surface area contributed by atoms with Crippen molar-refractivity contribution in [2.75, 3.05) is 19.6 Å². The summed E-state index contributed by atoms with van der Waals surface area (Å²) in [6, 6.07) is 8.17. The lowest BCUT2D eigenvalue weighted by molar-refractivity contribution is 0.0939. The first-order valence-electron chi connectivity index (χ1n) is 8.13. The molecule has 2 N–H and O–H groups in total. The van der Waals surface area contributed by atoms with Crippen LogP contribution in [0.4, 0.5) is 0 Å². The molecular formula is C17H24N4O. The second kappa shape index (κ2) is 6.48. The molecule has 2 aromatic rings. The van der Waals surface area contributed by atoms with Crippen LogP contribution in [0.15, 0.2) is 24.3 Å². The Morgan fingerprint density at radius 1 is 1.36 bits per heavy atom. The summed E-state index contributed by atoms with van der Waals surface area (Å²) in [4.78, 5) is 12.5. The van der Waals surface area contributed by atoms with Gasteiger partial charge in [-0.15, -0.1) is 0 Å². The molecule has 0 spiro atoms. The van der Waals surface area contributed by atoms with Crippen LogP contribution in [0.3, 0.4) is 0 Å². The van der Waals surface area contributed by atoms with Gasteiger partial charge in [0.15, 0.2) is 5.69 Å². The van der Waals surface area contributed by atoms with Crippen molar-refractivity contribution in [2.45, 2.75) is 32.7 Å². The highest BCUT2D eigenvalue weighted by Crippen LogP contribution is 2.21. The molecule has 1 saturated heterocycles. The van der Waals surface area contributed by atoms with Crippen LogP contribution in [0.25, 0.3) is 10.9 Å². The Labute approximate surface area is 131 Å². The highest BCUT2D eigenvalue weighted by Gasteiger charge is 2.19. The zero-order valence-corrected chi connectivity index (χ0v) is 13.3. The summed E-state index contributed by atoms with van der Waals surface area (Å²) in [7, 11) is 0. The quantitative estimate of drug-likeness (QED) is 0.911. The van der Waals surface area contributed by atoms with Gasteiger partial charge in [-0.2, -0.15) is 5.10 Å². The van der Waals surface area contributed by atoms with Crippen LogP contribution < -0.4 is 10.6 Å². The molecule has 0 unspecified atom stereocenters. The largest absolute Gasteiger partial charge is 0.350 e. The van der Waals surface area contributed by atoms with Gasteiger partial charge in [0.05, 0.1) is 5.52 Å². The predicted molar refractivity (Wildman–Crippen MR) is 88.0 cm³/mol. The molecule has 1 aliphatic heterocycles. The first kappa shape index (κ1) is 15.0. The van der Waals surface area contributed by atoms with Gasteiger partial charge in [-0.05, 0) is 51.8 Å². The minimum absolute atomic E-state index is 0.0610. The van der Waals surface area contributed by atoms with Gasteiger partial charge in [-0.1, -0.05) is 18.2 Å². The molecular weight excluding hydrogens is 276 g/mol. The van der Waals surface area contributed by atoms with Gasteiger partial charge in [-0.25, -0.2) is 0 Å². The second-order valence-electron chi connectivity index (χ2n) is 6.31. The van der Waals surface area contributed by atoms with Crippen molar-refractivity contribution in [3.63, 3.8) is 0 Å². The fourth-order valence-electron chi connectivity index (χ4n) is 3.06. The second-order valence-corrected chi connectivity index (χ2v) is 6.31. The van der Waals surface area contributed by atoms with Crippen molar-refractivity contribution < 1.29 is 4.79 Å². The topological polar surface area (TPSA) is 59.0 Å².